The van der Waals surface area contributed by atoms with Gasteiger partial charge in [-0.25, -0.2) is 0 Å². The molecular formula is C17H24Cl2N2. The Labute approximate surface area is 137 Å². The Hall–Kier alpha value is -0.280. The Bertz CT molecular complexity index is 530. The van der Waals surface area contributed by atoms with Crippen LogP contribution in [0.2, 0.25) is 10.0 Å². The average Bonchev–Trinajstić information content (AvgIpc) is 3.26. The third-order valence-corrected chi connectivity index (χ3v) is 5.83. The number of benzene rings is 1. The van der Waals surface area contributed by atoms with Crippen LogP contribution in [0.4, 0.5) is 0 Å². The number of nitrogens with zero attached hydrogens (tertiary/aromatic N) is 1. The standard InChI is InChI=1S/C17H24Cl2N2/c1-11-9-20-17(3,13-4-5-13)10-21(11)12(2)15-7-6-14(18)8-16(15)19/h6-8,11-13,20H,4-5,9-10H2,1-3H3. The summed E-state index contributed by atoms with van der Waals surface area (Å²) in [6.07, 6.45) is 2.73. The highest BCUT2D eigenvalue weighted by Crippen LogP contribution is 2.43. The summed E-state index contributed by atoms with van der Waals surface area (Å²) in [5, 5.41) is 5.24. The lowest BCUT2D eigenvalue weighted by Crippen LogP contribution is -2.63. The van der Waals surface area contributed by atoms with Crippen molar-refractivity contribution in [3.8, 4) is 0 Å². The summed E-state index contributed by atoms with van der Waals surface area (Å²) >= 11 is 12.4. The van der Waals surface area contributed by atoms with Gasteiger partial charge in [-0.2, -0.15) is 0 Å². The molecule has 1 N–H and O–H groups in total. The van der Waals surface area contributed by atoms with E-state index in [-0.39, 0.29) is 5.54 Å². The van der Waals surface area contributed by atoms with Gasteiger partial charge in [0.2, 0.25) is 0 Å². The largest absolute Gasteiger partial charge is 0.308 e. The average molecular weight is 327 g/mol. The van der Waals surface area contributed by atoms with Gasteiger partial charge in [-0.1, -0.05) is 29.3 Å². The predicted octanol–water partition coefficient (Wildman–Crippen LogP) is 4.52. The van der Waals surface area contributed by atoms with Crippen LogP contribution in [0.15, 0.2) is 18.2 Å². The zero-order chi connectivity index (χ0) is 15.2. The summed E-state index contributed by atoms with van der Waals surface area (Å²) in [4.78, 5) is 2.59. The molecule has 1 aromatic rings. The van der Waals surface area contributed by atoms with Gasteiger partial charge in [0.15, 0.2) is 0 Å². The van der Waals surface area contributed by atoms with Crippen molar-refractivity contribution in [2.24, 2.45) is 5.92 Å². The molecule has 0 bridgehead atoms. The summed E-state index contributed by atoms with van der Waals surface area (Å²) in [6.45, 7) is 9.05. The lowest BCUT2D eigenvalue weighted by molar-refractivity contribution is 0.0517. The molecule has 3 rings (SSSR count). The number of hydrogen-bond acceptors (Lipinski definition) is 2. The monoisotopic (exact) mass is 326 g/mol. The normalized spacial score (nSPS) is 32.1. The van der Waals surface area contributed by atoms with Crippen molar-refractivity contribution >= 4 is 23.2 Å². The molecule has 1 heterocycles. The van der Waals surface area contributed by atoms with Crippen LogP contribution in [0.1, 0.15) is 45.2 Å². The van der Waals surface area contributed by atoms with E-state index in [0.717, 1.165) is 24.0 Å². The van der Waals surface area contributed by atoms with Crippen molar-refractivity contribution < 1.29 is 0 Å². The van der Waals surface area contributed by atoms with Crippen LogP contribution < -0.4 is 5.32 Å². The van der Waals surface area contributed by atoms with Gasteiger partial charge >= 0.3 is 0 Å². The highest BCUT2D eigenvalue weighted by molar-refractivity contribution is 6.35. The summed E-state index contributed by atoms with van der Waals surface area (Å²) in [5.41, 5.74) is 1.42. The van der Waals surface area contributed by atoms with E-state index in [1.165, 1.54) is 18.4 Å². The minimum absolute atomic E-state index is 0.250. The molecule has 1 aliphatic carbocycles. The fourth-order valence-corrected chi connectivity index (χ4v) is 4.19. The Morgan fingerprint density at radius 2 is 2.05 bits per heavy atom. The molecule has 2 nitrogen and oxygen atoms in total. The summed E-state index contributed by atoms with van der Waals surface area (Å²) in [5.74, 6) is 0.834. The Balaban J connectivity index is 1.83. The van der Waals surface area contributed by atoms with Crippen molar-refractivity contribution in [2.75, 3.05) is 13.1 Å². The number of nitrogens with one attached hydrogen (secondary N) is 1. The van der Waals surface area contributed by atoms with E-state index in [2.05, 4.69) is 37.1 Å². The molecule has 3 unspecified atom stereocenters. The highest BCUT2D eigenvalue weighted by Gasteiger charge is 2.46. The molecule has 1 aliphatic heterocycles. The molecule has 116 valence electrons. The van der Waals surface area contributed by atoms with Gasteiger partial charge in [0.05, 0.1) is 0 Å². The van der Waals surface area contributed by atoms with E-state index in [1.807, 2.05) is 12.1 Å². The lowest BCUT2D eigenvalue weighted by atomic mass is 9.89. The van der Waals surface area contributed by atoms with Gasteiger partial charge < -0.3 is 5.32 Å². The van der Waals surface area contributed by atoms with Crippen LogP contribution in [-0.2, 0) is 0 Å². The van der Waals surface area contributed by atoms with Crippen molar-refractivity contribution in [3.63, 3.8) is 0 Å². The zero-order valence-corrected chi connectivity index (χ0v) is 14.5. The molecule has 2 aliphatic rings. The molecule has 21 heavy (non-hydrogen) atoms. The molecule has 2 fully saturated rings. The Kier molecular flexibility index (Phi) is 4.26. The minimum Gasteiger partial charge on any atom is -0.308 e. The van der Waals surface area contributed by atoms with Gasteiger partial charge in [-0.05, 0) is 57.2 Å². The van der Waals surface area contributed by atoms with E-state index in [4.69, 9.17) is 23.2 Å². The first-order valence-corrected chi connectivity index (χ1v) is 8.62. The number of halogens is 2. The van der Waals surface area contributed by atoms with Gasteiger partial charge in [-0.3, -0.25) is 4.90 Å². The molecule has 0 aromatic heterocycles. The Morgan fingerprint density at radius 1 is 1.33 bits per heavy atom. The summed E-state index contributed by atoms with van der Waals surface area (Å²) in [6, 6.07) is 6.68. The maximum absolute atomic E-state index is 6.41. The fourth-order valence-electron chi connectivity index (χ4n) is 3.62. The van der Waals surface area contributed by atoms with Crippen LogP contribution in [-0.4, -0.2) is 29.6 Å². The van der Waals surface area contributed by atoms with Crippen LogP contribution >= 0.6 is 23.2 Å². The maximum Gasteiger partial charge on any atom is 0.0468 e. The summed E-state index contributed by atoms with van der Waals surface area (Å²) < 4.78 is 0. The molecule has 1 saturated carbocycles. The van der Waals surface area contributed by atoms with Crippen LogP contribution in [0.25, 0.3) is 0 Å². The van der Waals surface area contributed by atoms with E-state index in [9.17, 15) is 0 Å². The molecule has 0 radical (unpaired) electrons. The molecule has 4 heteroatoms. The van der Waals surface area contributed by atoms with E-state index < -0.39 is 0 Å². The molecule has 3 atom stereocenters. The third-order valence-electron chi connectivity index (χ3n) is 5.27. The first-order valence-electron chi connectivity index (χ1n) is 7.86. The van der Waals surface area contributed by atoms with E-state index >= 15 is 0 Å². The van der Waals surface area contributed by atoms with Crippen molar-refractivity contribution in [3.05, 3.63) is 33.8 Å². The first-order chi connectivity index (χ1) is 9.90. The van der Waals surface area contributed by atoms with Gasteiger partial charge in [0.25, 0.3) is 0 Å². The second-order valence-electron chi connectivity index (χ2n) is 6.94. The molecule has 1 aromatic carbocycles. The highest BCUT2D eigenvalue weighted by atomic mass is 35.5. The number of piperazine rings is 1. The quantitative estimate of drug-likeness (QED) is 0.878. The van der Waals surface area contributed by atoms with Crippen molar-refractivity contribution in [1.29, 1.82) is 0 Å². The second-order valence-corrected chi connectivity index (χ2v) is 7.78. The fraction of sp³-hybridized carbons (Fsp3) is 0.647. The first kappa shape index (κ1) is 15.6. The SMILES string of the molecule is CC1CNC(C)(C2CC2)CN1C(C)c1ccc(Cl)cc1Cl. The molecule has 1 saturated heterocycles. The Morgan fingerprint density at radius 3 is 2.67 bits per heavy atom. The zero-order valence-electron chi connectivity index (χ0n) is 13.0. The van der Waals surface area contributed by atoms with Gasteiger partial charge in [0, 0.05) is 40.8 Å². The third kappa shape index (κ3) is 3.10. The van der Waals surface area contributed by atoms with E-state index in [1.54, 1.807) is 0 Å². The molecular weight excluding hydrogens is 303 g/mol. The summed E-state index contributed by atoms with van der Waals surface area (Å²) in [7, 11) is 0. The number of hydrogen-bond donors (Lipinski definition) is 1. The molecule has 0 amide bonds. The van der Waals surface area contributed by atoms with E-state index in [0.29, 0.717) is 17.1 Å². The van der Waals surface area contributed by atoms with Crippen LogP contribution in [0.5, 0.6) is 0 Å². The maximum atomic E-state index is 6.41. The lowest BCUT2D eigenvalue weighted by Gasteiger charge is -2.48. The minimum atomic E-state index is 0.250. The topological polar surface area (TPSA) is 15.3 Å². The van der Waals surface area contributed by atoms with Crippen LogP contribution in [0, 0.1) is 5.92 Å². The smallest absolute Gasteiger partial charge is 0.0468 e. The molecule has 0 spiro atoms. The van der Waals surface area contributed by atoms with Crippen LogP contribution in [0.3, 0.4) is 0 Å². The van der Waals surface area contributed by atoms with Gasteiger partial charge in [0.1, 0.15) is 0 Å². The van der Waals surface area contributed by atoms with Gasteiger partial charge in [-0.15, -0.1) is 0 Å². The van der Waals surface area contributed by atoms with Crippen molar-refractivity contribution in [1.82, 2.24) is 10.2 Å². The second kappa shape index (κ2) is 5.73. The van der Waals surface area contributed by atoms with Crippen molar-refractivity contribution in [2.45, 2.75) is 51.2 Å². The number of rotatable bonds is 3. The predicted molar refractivity (Wildman–Crippen MR) is 90.2 cm³/mol.